The lowest BCUT2D eigenvalue weighted by Crippen LogP contribution is -2.22. The van der Waals surface area contributed by atoms with Crippen molar-refractivity contribution in [3.63, 3.8) is 0 Å². The van der Waals surface area contributed by atoms with Gasteiger partial charge in [-0.2, -0.15) is 0 Å². The molecule has 0 aliphatic heterocycles. The van der Waals surface area contributed by atoms with Crippen molar-refractivity contribution in [1.29, 1.82) is 0 Å². The van der Waals surface area contributed by atoms with E-state index in [-0.39, 0.29) is 0 Å². The Morgan fingerprint density at radius 1 is 1.41 bits per heavy atom. The SMILES string of the molecule is CC(C)(C)OC(=O)C#Cc1cc(N)ccc1Br. The summed E-state index contributed by atoms with van der Waals surface area (Å²) in [6, 6.07) is 5.23. The van der Waals surface area contributed by atoms with Crippen LogP contribution >= 0.6 is 15.9 Å². The van der Waals surface area contributed by atoms with E-state index in [1.807, 2.05) is 0 Å². The Bertz CT molecular complexity index is 492. The molecule has 0 aromatic heterocycles. The van der Waals surface area contributed by atoms with E-state index in [9.17, 15) is 4.79 Å². The molecule has 0 spiro atoms. The number of esters is 1. The van der Waals surface area contributed by atoms with Crippen molar-refractivity contribution in [1.82, 2.24) is 0 Å². The molecule has 2 N–H and O–H groups in total. The van der Waals surface area contributed by atoms with Crippen LogP contribution in [0.1, 0.15) is 26.3 Å². The summed E-state index contributed by atoms with van der Waals surface area (Å²) in [4.78, 5) is 11.4. The number of rotatable bonds is 0. The molecule has 1 aromatic rings. The Hall–Kier alpha value is -1.47. The van der Waals surface area contributed by atoms with Crippen LogP contribution in [0.5, 0.6) is 0 Å². The molecule has 0 aliphatic rings. The van der Waals surface area contributed by atoms with Gasteiger partial charge in [-0.3, -0.25) is 0 Å². The van der Waals surface area contributed by atoms with E-state index in [1.165, 1.54) is 0 Å². The molecule has 0 fully saturated rings. The Morgan fingerprint density at radius 3 is 2.65 bits per heavy atom. The average Bonchev–Trinajstić information content (AvgIpc) is 2.17. The molecule has 0 bridgehead atoms. The maximum absolute atomic E-state index is 11.4. The van der Waals surface area contributed by atoms with Gasteiger partial charge in [-0.1, -0.05) is 5.92 Å². The lowest BCUT2D eigenvalue weighted by atomic mass is 10.2. The summed E-state index contributed by atoms with van der Waals surface area (Å²) >= 11 is 3.33. The molecule has 0 aliphatic carbocycles. The summed E-state index contributed by atoms with van der Waals surface area (Å²) < 4.78 is 5.86. The topological polar surface area (TPSA) is 52.3 Å². The highest BCUT2D eigenvalue weighted by Gasteiger charge is 2.14. The van der Waals surface area contributed by atoms with E-state index < -0.39 is 11.6 Å². The van der Waals surface area contributed by atoms with Crippen molar-refractivity contribution in [2.45, 2.75) is 26.4 Å². The first kappa shape index (κ1) is 13.6. The van der Waals surface area contributed by atoms with Crippen LogP contribution in [0.25, 0.3) is 0 Å². The van der Waals surface area contributed by atoms with Gasteiger partial charge in [0, 0.05) is 21.6 Å². The molecule has 90 valence electrons. The van der Waals surface area contributed by atoms with Gasteiger partial charge in [-0.05, 0) is 54.9 Å². The van der Waals surface area contributed by atoms with Gasteiger partial charge >= 0.3 is 5.97 Å². The smallest absolute Gasteiger partial charge is 0.385 e. The summed E-state index contributed by atoms with van der Waals surface area (Å²) in [5.74, 6) is 4.60. The van der Waals surface area contributed by atoms with Crippen LogP contribution in [0.3, 0.4) is 0 Å². The fourth-order valence-electron chi connectivity index (χ4n) is 1.06. The van der Waals surface area contributed by atoms with Gasteiger partial charge < -0.3 is 10.5 Å². The van der Waals surface area contributed by atoms with Crippen LogP contribution in [-0.2, 0) is 9.53 Å². The monoisotopic (exact) mass is 295 g/mol. The van der Waals surface area contributed by atoms with E-state index in [0.29, 0.717) is 11.3 Å². The van der Waals surface area contributed by atoms with Crippen LogP contribution in [0.15, 0.2) is 22.7 Å². The fraction of sp³-hybridized carbons (Fsp3) is 0.308. The van der Waals surface area contributed by atoms with E-state index >= 15 is 0 Å². The number of nitrogen functional groups attached to an aromatic ring is 1. The minimum absolute atomic E-state index is 0.529. The van der Waals surface area contributed by atoms with E-state index in [4.69, 9.17) is 10.5 Å². The van der Waals surface area contributed by atoms with Gasteiger partial charge in [0.15, 0.2) is 0 Å². The van der Waals surface area contributed by atoms with Gasteiger partial charge in [-0.15, -0.1) is 0 Å². The summed E-state index contributed by atoms with van der Waals surface area (Å²) in [5, 5.41) is 0. The van der Waals surface area contributed by atoms with Crippen molar-refractivity contribution in [3.8, 4) is 11.8 Å². The highest BCUT2D eigenvalue weighted by molar-refractivity contribution is 9.10. The van der Waals surface area contributed by atoms with Crippen LogP contribution in [0.2, 0.25) is 0 Å². The summed E-state index contributed by atoms with van der Waals surface area (Å²) in [5.41, 5.74) is 6.36. The van der Waals surface area contributed by atoms with E-state index in [0.717, 1.165) is 4.47 Å². The number of halogens is 1. The quantitative estimate of drug-likeness (QED) is 0.455. The molecule has 0 saturated heterocycles. The zero-order valence-corrected chi connectivity index (χ0v) is 11.6. The lowest BCUT2D eigenvalue weighted by Gasteiger charge is -2.16. The average molecular weight is 296 g/mol. The number of anilines is 1. The van der Waals surface area contributed by atoms with Crippen molar-refractivity contribution in [3.05, 3.63) is 28.2 Å². The van der Waals surface area contributed by atoms with Crippen LogP contribution in [0, 0.1) is 11.8 Å². The van der Waals surface area contributed by atoms with Crippen molar-refractivity contribution in [2.24, 2.45) is 0 Å². The minimum atomic E-state index is -0.549. The molecule has 3 nitrogen and oxygen atoms in total. The predicted octanol–water partition coefficient (Wildman–Crippen LogP) is 2.72. The standard InChI is InChI=1S/C13H14BrNO2/c1-13(2,3)17-12(16)7-4-9-8-10(15)5-6-11(9)14/h5-6,8H,15H2,1-3H3. The van der Waals surface area contributed by atoms with E-state index in [1.54, 1.807) is 39.0 Å². The zero-order chi connectivity index (χ0) is 13.1. The Kier molecular flexibility index (Phi) is 4.19. The second-order valence-corrected chi connectivity index (χ2v) is 5.35. The molecule has 0 atom stereocenters. The third-order valence-corrected chi connectivity index (χ3v) is 2.38. The predicted molar refractivity (Wildman–Crippen MR) is 71.3 cm³/mol. The van der Waals surface area contributed by atoms with Crippen molar-refractivity contribution < 1.29 is 9.53 Å². The van der Waals surface area contributed by atoms with E-state index in [2.05, 4.69) is 27.8 Å². The Morgan fingerprint density at radius 2 is 2.06 bits per heavy atom. The van der Waals surface area contributed by atoms with Crippen LogP contribution in [-0.4, -0.2) is 11.6 Å². The molecule has 0 radical (unpaired) electrons. The van der Waals surface area contributed by atoms with Gasteiger partial charge in [0.25, 0.3) is 0 Å². The molecule has 1 rings (SSSR count). The third kappa shape index (κ3) is 4.92. The van der Waals surface area contributed by atoms with Crippen LogP contribution in [0.4, 0.5) is 5.69 Å². The van der Waals surface area contributed by atoms with Crippen molar-refractivity contribution >= 4 is 27.6 Å². The first-order valence-electron chi connectivity index (χ1n) is 5.08. The number of carbonyl (C=O) groups excluding carboxylic acids is 1. The molecular weight excluding hydrogens is 282 g/mol. The molecule has 17 heavy (non-hydrogen) atoms. The first-order chi connectivity index (χ1) is 7.78. The first-order valence-corrected chi connectivity index (χ1v) is 5.87. The fourth-order valence-corrected chi connectivity index (χ4v) is 1.41. The number of benzene rings is 1. The van der Waals surface area contributed by atoms with Gasteiger partial charge in [0.05, 0.1) is 0 Å². The minimum Gasteiger partial charge on any atom is -0.450 e. The molecule has 0 amide bonds. The second kappa shape index (κ2) is 5.24. The number of ether oxygens (including phenoxy) is 1. The largest absolute Gasteiger partial charge is 0.450 e. The molecule has 0 saturated carbocycles. The van der Waals surface area contributed by atoms with Crippen molar-refractivity contribution in [2.75, 3.05) is 5.73 Å². The third-order valence-electron chi connectivity index (χ3n) is 1.69. The maximum atomic E-state index is 11.4. The Balaban J connectivity index is 2.85. The highest BCUT2D eigenvalue weighted by Crippen LogP contribution is 2.18. The number of nitrogens with two attached hydrogens (primary N) is 1. The second-order valence-electron chi connectivity index (χ2n) is 4.49. The molecule has 0 heterocycles. The Labute approximate surface area is 109 Å². The van der Waals surface area contributed by atoms with Gasteiger partial charge in [0.2, 0.25) is 0 Å². The number of hydrogen-bond acceptors (Lipinski definition) is 3. The van der Waals surface area contributed by atoms with Gasteiger partial charge in [-0.25, -0.2) is 4.79 Å². The highest BCUT2D eigenvalue weighted by atomic mass is 79.9. The molecule has 1 aromatic carbocycles. The number of hydrogen-bond donors (Lipinski definition) is 1. The summed E-state index contributed by atoms with van der Waals surface area (Å²) in [6.45, 7) is 5.38. The maximum Gasteiger partial charge on any atom is 0.385 e. The molecule has 4 heteroatoms. The molecular formula is C13H14BrNO2. The lowest BCUT2D eigenvalue weighted by molar-refractivity contribution is -0.147. The summed E-state index contributed by atoms with van der Waals surface area (Å²) in [6.07, 6.45) is 0. The zero-order valence-electron chi connectivity index (χ0n) is 10.0. The normalized spacial score (nSPS) is 10.4. The molecule has 0 unspecified atom stereocenters. The number of carbonyl (C=O) groups is 1. The van der Waals surface area contributed by atoms with Crippen LogP contribution < -0.4 is 5.73 Å². The summed E-state index contributed by atoms with van der Waals surface area (Å²) in [7, 11) is 0. The van der Waals surface area contributed by atoms with Gasteiger partial charge in [0.1, 0.15) is 5.60 Å².